The maximum atomic E-state index is 12.2. The van der Waals surface area contributed by atoms with Crippen LogP contribution in [0.3, 0.4) is 0 Å². The number of ether oxygens (including phenoxy) is 1. The number of benzene rings is 2. The molecule has 0 bridgehead atoms. The molecule has 0 aliphatic rings. The Hall–Kier alpha value is -2.41. The summed E-state index contributed by atoms with van der Waals surface area (Å²) < 4.78 is 5.93. The molecule has 7 heteroatoms. The Morgan fingerprint density at radius 1 is 1.29 bits per heavy atom. The second kappa shape index (κ2) is 6.36. The molecule has 0 saturated carbocycles. The van der Waals surface area contributed by atoms with E-state index in [0.717, 1.165) is 4.47 Å². The van der Waals surface area contributed by atoms with Gasteiger partial charge in [-0.1, -0.05) is 22.0 Å². The van der Waals surface area contributed by atoms with Gasteiger partial charge >= 0.3 is 0 Å². The van der Waals surface area contributed by atoms with Gasteiger partial charge in [0.1, 0.15) is 5.75 Å². The fourth-order valence-corrected chi connectivity index (χ4v) is 2.09. The molecule has 0 aromatic heterocycles. The van der Waals surface area contributed by atoms with Gasteiger partial charge in [-0.2, -0.15) is 0 Å². The van der Waals surface area contributed by atoms with Crippen molar-refractivity contribution in [2.24, 2.45) is 0 Å². The lowest BCUT2D eigenvalue weighted by atomic mass is 10.2. The van der Waals surface area contributed by atoms with Gasteiger partial charge in [0.25, 0.3) is 11.6 Å². The largest absolute Gasteiger partial charge is 0.496 e. The van der Waals surface area contributed by atoms with Crippen molar-refractivity contribution in [3.05, 3.63) is 62.6 Å². The molecule has 0 aliphatic carbocycles. The van der Waals surface area contributed by atoms with Crippen molar-refractivity contribution < 1.29 is 14.5 Å². The van der Waals surface area contributed by atoms with Crippen molar-refractivity contribution in [1.29, 1.82) is 0 Å². The van der Waals surface area contributed by atoms with Gasteiger partial charge in [-0.05, 0) is 24.3 Å². The van der Waals surface area contributed by atoms with Gasteiger partial charge in [-0.15, -0.1) is 0 Å². The predicted molar refractivity (Wildman–Crippen MR) is 81.7 cm³/mol. The molecular weight excluding hydrogens is 340 g/mol. The first-order chi connectivity index (χ1) is 10.0. The number of methoxy groups -OCH3 is 1. The van der Waals surface area contributed by atoms with Crippen molar-refractivity contribution in [1.82, 2.24) is 0 Å². The summed E-state index contributed by atoms with van der Waals surface area (Å²) in [6.45, 7) is 0. The number of nitrogens with zero attached hydrogens (tertiary/aromatic N) is 1. The maximum absolute atomic E-state index is 12.2. The number of rotatable bonds is 4. The SMILES string of the molecule is COc1cc(Br)ccc1C(=O)Nc1cccc([N+](=O)[O-])c1. The van der Waals surface area contributed by atoms with Crippen LogP contribution in [-0.4, -0.2) is 17.9 Å². The summed E-state index contributed by atoms with van der Waals surface area (Å²) in [7, 11) is 1.46. The first-order valence-corrected chi connectivity index (χ1v) is 6.70. The third-order valence-electron chi connectivity index (χ3n) is 2.72. The third-order valence-corrected chi connectivity index (χ3v) is 3.22. The molecule has 0 radical (unpaired) electrons. The van der Waals surface area contributed by atoms with Crippen LogP contribution < -0.4 is 10.1 Å². The van der Waals surface area contributed by atoms with Crippen molar-refractivity contribution in [2.45, 2.75) is 0 Å². The minimum atomic E-state index is -0.518. The molecular formula is C14H11BrN2O4. The molecule has 0 atom stereocenters. The molecule has 6 nitrogen and oxygen atoms in total. The van der Waals surface area contributed by atoms with Crippen LogP contribution in [0.25, 0.3) is 0 Å². The number of carbonyl (C=O) groups is 1. The van der Waals surface area contributed by atoms with Gasteiger partial charge < -0.3 is 10.1 Å². The fourth-order valence-electron chi connectivity index (χ4n) is 1.75. The number of anilines is 1. The lowest BCUT2D eigenvalue weighted by Gasteiger charge is -2.09. The lowest BCUT2D eigenvalue weighted by molar-refractivity contribution is -0.384. The Balaban J connectivity index is 2.26. The maximum Gasteiger partial charge on any atom is 0.271 e. The summed E-state index contributed by atoms with van der Waals surface area (Å²) in [6, 6.07) is 10.7. The quantitative estimate of drug-likeness (QED) is 0.674. The highest BCUT2D eigenvalue weighted by atomic mass is 79.9. The van der Waals surface area contributed by atoms with E-state index in [1.54, 1.807) is 24.3 Å². The molecule has 2 aromatic carbocycles. The number of amides is 1. The highest BCUT2D eigenvalue weighted by Crippen LogP contribution is 2.25. The highest BCUT2D eigenvalue weighted by molar-refractivity contribution is 9.10. The van der Waals surface area contributed by atoms with Crippen molar-refractivity contribution in [2.75, 3.05) is 12.4 Å². The van der Waals surface area contributed by atoms with Crippen LogP contribution in [0, 0.1) is 10.1 Å². The Bertz CT molecular complexity index is 703. The molecule has 0 aliphatic heterocycles. The summed E-state index contributed by atoms with van der Waals surface area (Å²) in [4.78, 5) is 22.4. The highest BCUT2D eigenvalue weighted by Gasteiger charge is 2.14. The van der Waals surface area contributed by atoms with Gasteiger partial charge in [-0.25, -0.2) is 0 Å². The summed E-state index contributed by atoms with van der Waals surface area (Å²) in [5, 5.41) is 13.3. The van der Waals surface area contributed by atoms with E-state index in [9.17, 15) is 14.9 Å². The average Bonchev–Trinajstić information content (AvgIpc) is 2.47. The molecule has 2 rings (SSSR count). The van der Waals surface area contributed by atoms with E-state index in [4.69, 9.17) is 4.74 Å². The van der Waals surface area contributed by atoms with E-state index in [0.29, 0.717) is 17.0 Å². The Morgan fingerprint density at radius 2 is 2.05 bits per heavy atom. The normalized spacial score (nSPS) is 10.0. The second-order valence-corrected chi connectivity index (χ2v) is 5.02. The minimum absolute atomic E-state index is 0.0874. The van der Waals surface area contributed by atoms with Crippen molar-refractivity contribution in [3.8, 4) is 5.75 Å². The van der Waals surface area contributed by atoms with Crippen LogP contribution in [0.1, 0.15) is 10.4 Å². The number of non-ortho nitro benzene ring substituents is 1. The van der Waals surface area contributed by atoms with Gasteiger partial charge in [0, 0.05) is 22.3 Å². The molecule has 1 N–H and O–H groups in total. The van der Waals surface area contributed by atoms with Crippen LogP contribution >= 0.6 is 15.9 Å². The van der Waals surface area contributed by atoms with Crippen LogP contribution in [0.4, 0.5) is 11.4 Å². The summed E-state index contributed by atoms with van der Waals surface area (Å²) in [5.41, 5.74) is 0.599. The van der Waals surface area contributed by atoms with Gasteiger partial charge in [0.2, 0.25) is 0 Å². The molecule has 0 spiro atoms. The summed E-state index contributed by atoms with van der Waals surface area (Å²) in [6.07, 6.45) is 0. The number of hydrogen-bond acceptors (Lipinski definition) is 4. The topological polar surface area (TPSA) is 81.5 Å². The number of nitro benzene ring substituents is 1. The zero-order valence-electron chi connectivity index (χ0n) is 11.0. The van der Waals surface area contributed by atoms with Crippen LogP contribution in [-0.2, 0) is 0 Å². The summed E-state index contributed by atoms with van der Waals surface area (Å²) >= 11 is 3.29. The van der Waals surface area contributed by atoms with Gasteiger partial charge in [-0.3, -0.25) is 14.9 Å². The first-order valence-electron chi connectivity index (χ1n) is 5.90. The standard InChI is InChI=1S/C14H11BrN2O4/c1-21-13-7-9(15)5-6-12(13)14(18)16-10-3-2-4-11(8-10)17(19)20/h2-8H,1H3,(H,16,18). The average molecular weight is 351 g/mol. The molecule has 108 valence electrons. The van der Waals surface area contributed by atoms with E-state index >= 15 is 0 Å². The monoisotopic (exact) mass is 350 g/mol. The Morgan fingerprint density at radius 3 is 2.71 bits per heavy atom. The smallest absolute Gasteiger partial charge is 0.271 e. The van der Waals surface area contributed by atoms with Gasteiger partial charge in [0.15, 0.2) is 0 Å². The lowest BCUT2D eigenvalue weighted by Crippen LogP contribution is -2.13. The zero-order chi connectivity index (χ0) is 15.4. The number of carbonyl (C=O) groups excluding carboxylic acids is 1. The molecule has 0 unspecified atom stereocenters. The fraction of sp³-hybridized carbons (Fsp3) is 0.0714. The molecule has 21 heavy (non-hydrogen) atoms. The van der Waals surface area contributed by atoms with Crippen molar-refractivity contribution in [3.63, 3.8) is 0 Å². The van der Waals surface area contributed by atoms with E-state index in [1.165, 1.54) is 25.3 Å². The van der Waals surface area contributed by atoms with Gasteiger partial charge in [0.05, 0.1) is 17.6 Å². The second-order valence-electron chi connectivity index (χ2n) is 4.11. The van der Waals surface area contributed by atoms with Crippen molar-refractivity contribution >= 4 is 33.2 Å². The first kappa shape index (κ1) is 15.0. The molecule has 0 saturated heterocycles. The minimum Gasteiger partial charge on any atom is -0.496 e. The number of nitro groups is 1. The van der Waals surface area contributed by atoms with Crippen LogP contribution in [0.15, 0.2) is 46.9 Å². The number of halogens is 1. The summed E-state index contributed by atoms with van der Waals surface area (Å²) in [5.74, 6) is 0.00662. The number of nitrogens with one attached hydrogen (secondary N) is 1. The van der Waals surface area contributed by atoms with E-state index in [1.807, 2.05) is 0 Å². The third kappa shape index (κ3) is 3.57. The molecule has 0 fully saturated rings. The van der Waals surface area contributed by atoms with Crippen LogP contribution in [0.2, 0.25) is 0 Å². The predicted octanol–water partition coefficient (Wildman–Crippen LogP) is 3.62. The van der Waals surface area contributed by atoms with E-state index in [-0.39, 0.29) is 5.69 Å². The molecule has 0 heterocycles. The van der Waals surface area contributed by atoms with Crippen LogP contribution in [0.5, 0.6) is 5.75 Å². The Labute approximate surface area is 129 Å². The molecule has 2 aromatic rings. The van der Waals surface area contributed by atoms with E-state index < -0.39 is 10.8 Å². The molecule has 1 amide bonds. The zero-order valence-corrected chi connectivity index (χ0v) is 12.6. The Kier molecular flexibility index (Phi) is 4.54. The number of hydrogen-bond donors (Lipinski definition) is 1. The van der Waals surface area contributed by atoms with E-state index in [2.05, 4.69) is 21.2 Å².